The molecule has 0 radical (unpaired) electrons. The first-order valence-corrected chi connectivity index (χ1v) is 8.11. The molecule has 0 N–H and O–H groups in total. The van der Waals surface area contributed by atoms with E-state index in [1.54, 1.807) is 12.5 Å². The smallest absolute Gasteiger partial charge is 0.310 e. The first-order chi connectivity index (χ1) is 11.3. The number of nitrogens with zero attached hydrogens (tertiary/aromatic N) is 1. The van der Waals surface area contributed by atoms with Crippen LogP contribution in [-0.2, 0) is 19.0 Å². The van der Waals surface area contributed by atoms with Gasteiger partial charge in [0.1, 0.15) is 18.8 Å². The number of methoxy groups -OCH3 is 1. The van der Waals surface area contributed by atoms with Crippen LogP contribution >= 0.6 is 0 Å². The van der Waals surface area contributed by atoms with Crippen molar-refractivity contribution >= 4 is 5.97 Å². The summed E-state index contributed by atoms with van der Waals surface area (Å²) in [7, 11) is 1.45. The summed E-state index contributed by atoms with van der Waals surface area (Å²) in [5.74, 6) is 0.623. The van der Waals surface area contributed by atoms with Gasteiger partial charge in [0.15, 0.2) is 5.76 Å². The molecule has 0 aromatic heterocycles. The summed E-state index contributed by atoms with van der Waals surface area (Å²) in [5, 5.41) is 0. The van der Waals surface area contributed by atoms with Crippen molar-refractivity contribution in [2.75, 3.05) is 20.2 Å². The number of esters is 1. The number of hydrogen-bond acceptors (Lipinski definition) is 5. The van der Waals surface area contributed by atoms with E-state index < -0.39 is 0 Å². The van der Waals surface area contributed by atoms with Crippen LogP contribution in [0.3, 0.4) is 0 Å². The van der Waals surface area contributed by atoms with Crippen molar-refractivity contribution < 1.29 is 19.0 Å². The van der Waals surface area contributed by atoms with Gasteiger partial charge in [0.25, 0.3) is 0 Å². The van der Waals surface area contributed by atoms with Crippen molar-refractivity contribution in [2.45, 2.75) is 31.7 Å². The molecular weight excluding hydrogens is 294 g/mol. The molecule has 1 fully saturated rings. The topological polar surface area (TPSA) is 48.0 Å². The SMILES string of the molecule is COC(=O)C1CCN(C(CC2=CC=CCC2)C2=COC=CO2)C1. The van der Waals surface area contributed by atoms with E-state index in [2.05, 4.69) is 23.1 Å². The molecule has 3 rings (SSSR count). The number of carbonyl (C=O) groups is 1. The molecule has 0 aromatic carbocycles. The van der Waals surface area contributed by atoms with E-state index >= 15 is 0 Å². The first kappa shape index (κ1) is 15.9. The van der Waals surface area contributed by atoms with E-state index in [0.29, 0.717) is 6.54 Å². The Bertz CT molecular complexity index is 561. The van der Waals surface area contributed by atoms with E-state index in [1.807, 2.05) is 0 Å². The summed E-state index contributed by atoms with van der Waals surface area (Å²) in [4.78, 5) is 14.1. The van der Waals surface area contributed by atoms with Gasteiger partial charge in [-0.1, -0.05) is 23.8 Å². The molecule has 0 bridgehead atoms. The van der Waals surface area contributed by atoms with Gasteiger partial charge >= 0.3 is 5.97 Å². The van der Waals surface area contributed by atoms with Crippen molar-refractivity contribution in [3.63, 3.8) is 0 Å². The van der Waals surface area contributed by atoms with Crippen LogP contribution in [0.1, 0.15) is 25.7 Å². The summed E-state index contributed by atoms with van der Waals surface area (Å²) in [6.07, 6.45) is 15.1. The van der Waals surface area contributed by atoms with Crippen LogP contribution in [0.15, 0.2) is 48.3 Å². The molecule has 124 valence electrons. The van der Waals surface area contributed by atoms with Gasteiger partial charge in [-0.05, 0) is 32.2 Å². The number of allylic oxidation sites excluding steroid dienone is 3. The fourth-order valence-electron chi connectivity index (χ4n) is 3.34. The molecule has 2 unspecified atom stereocenters. The van der Waals surface area contributed by atoms with Crippen LogP contribution in [0.5, 0.6) is 0 Å². The fraction of sp³-hybridized carbons (Fsp3) is 0.500. The van der Waals surface area contributed by atoms with Crippen molar-refractivity contribution in [2.24, 2.45) is 5.92 Å². The minimum absolute atomic E-state index is 0.0524. The van der Waals surface area contributed by atoms with E-state index in [1.165, 1.54) is 18.9 Å². The molecule has 2 heterocycles. The maximum Gasteiger partial charge on any atom is 0.310 e. The molecule has 23 heavy (non-hydrogen) atoms. The average Bonchev–Trinajstić information content (AvgIpc) is 3.10. The standard InChI is InChI=1S/C18H23NO4/c1-21-18(20)15-7-8-19(12-15)16(17-13-22-9-10-23-17)11-14-5-3-2-4-6-14/h2-3,5,9-10,13,15-16H,4,6-8,11-12H2,1H3. The van der Waals surface area contributed by atoms with Crippen LogP contribution in [0, 0.1) is 5.92 Å². The Labute approximate surface area is 136 Å². The van der Waals surface area contributed by atoms with Crippen molar-refractivity contribution in [3.8, 4) is 0 Å². The van der Waals surface area contributed by atoms with Gasteiger partial charge in [-0.3, -0.25) is 9.69 Å². The third kappa shape index (κ3) is 3.85. The Morgan fingerprint density at radius 1 is 1.48 bits per heavy atom. The van der Waals surface area contributed by atoms with Gasteiger partial charge in [-0.25, -0.2) is 0 Å². The van der Waals surface area contributed by atoms with E-state index in [-0.39, 0.29) is 17.9 Å². The molecule has 3 aliphatic rings. The van der Waals surface area contributed by atoms with Crippen LogP contribution in [0.4, 0.5) is 0 Å². The summed E-state index contributed by atoms with van der Waals surface area (Å²) < 4.78 is 15.8. The lowest BCUT2D eigenvalue weighted by Crippen LogP contribution is -2.37. The highest BCUT2D eigenvalue weighted by Crippen LogP contribution is 2.30. The highest BCUT2D eigenvalue weighted by molar-refractivity contribution is 5.72. The molecule has 0 amide bonds. The quantitative estimate of drug-likeness (QED) is 0.730. The summed E-state index contributed by atoms with van der Waals surface area (Å²) >= 11 is 0. The normalized spacial score (nSPS) is 25.2. The van der Waals surface area contributed by atoms with Crippen molar-refractivity contribution in [1.82, 2.24) is 4.90 Å². The monoisotopic (exact) mass is 317 g/mol. The molecular formula is C18H23NO4. The highest BCUT2D eigenvalue weighted by Gasteiger charge is 2.35. The van der Waals surface area contributed by atoms with E-state index in [4.69, 9.17) is 14.2 Å². The highest BCUT2D eigenvalue weighted by atomic mass is 16.5. The maximum atomic E-state index is 11.8. The minimum Gasteiger partial charge on any atom is -0.469 e. The second-order valence-corrected chi connectivity index (χ2v) is 6.06. The Morgan fingerprint density at radius 2 is 2.39 bits per heavy atom. The number of carbonyl (C=O) groups excluding carboxylic acids is 1. The zero-order valence-corrected chi connectivity index (χ0v) is 13.4. The second kappa shape index (κ2) is 7.51. The van der Waals surface area contributed by atoms with Gasteiger partial charge < -0.3 is 14.2 Å². The molecule has 5 nitrogen and oxygen atoms in total. The Kier molecular flexibility index (Phi) is 5.18. The fourth-order valence-corrected chi connectivity index (χ4v) is 3.34. The lowest BCUT2D eigenvalue weighted by atomic mass is 9.96. The summed E-state index contributed by atoms with van der Waals surface area (Å²) in [5.41, 5.74) is 1.40. The third-order valence-electron chi connectivity index (χ3n) is 4.60. The zero-order valence-electron chi connectivity index (χ0n) is 13.4. The lowest BCUT2D eigenvalue weighted by molar-refractivity contribution is -0.145. The summed E-state index contributed by atoms with van der Waals surface area (Å²) in [6, 6.07) is 0.0901. The zero-order chi connectivity index (χ0) is 16.1. The lowest BCUT2D eigenvalue weighted by Gasteiger charge is -2.30. The number of ether oxygens (including phenoxy) is 3. The van der Waals surface area contributed by atoms with Gasteiger partial charge in [0.05, 0.1) is 19.1 Å². The first-order valence-electron chi connectivity index (χ1n) is 8.11. The van der Waals surface area contributed by atoms with Crippen molar-refractivity contribution in [1.29, 1.82) is 0 Å². The van der Waals surface area contributed by atoms with Crippen LogP contribution in [0.2, 0.25) is 0 Å². The molecule has 2 atom stereocenters. The van der Waals surface area contributed by atoms with Gasteiger partial charge in [0.2, 0.25) is 0 Å². The molecule has 1 aliphatic carbocycles. The van der Waals surface area contributed by atoms with Crippen LogP contribution in [0.25, 0.3) is 0 Å². The Hall–Kier alpha value is -2.01. The predicted octanol–water partition coefficient (Wildman–Crippen LogP) is 2.88. The summed E-state index contributed by atoms with van der Waals surface area (Å²) in [6.45, 7) is 1.56. The minimum atomic E-state index is -0.124. The molecule has 0 aromatic rings. The third-order valence-corrected chi connectivity index (χ3v) is 4.60. The van der Waals surface area contributed by atoms with Crippen LogP contribution in [-0.4, -0.2) is 37.1 Å². The maximum absolute atomic E-state index is 11.8. The molecule has 0 saturated carbocycles. The van der Waals surface area contributed by atoms with E-state index in [9.17, 15) is 4.79 Å². The second-order valence-electron chi connectivity index (χ2n) is 6.06. The van der Waals surface area contributed by atoms with Crippen molar-refractivity contribution in [3.05, 3.63) is 48.3 Å². The van der Waals surface area contributed by atoms with Gasteiger partial charge in [-0.15, -0.1) is 0 Å². The van der Waals surface area contributed by atoms with Gasteiger partial charge in [0, 0.05) is 6.54 Å². The molecule has 2 aliphatic heterocycles. The number of hydrogen-bond donors (Lipinski definition) is 0. The largest absolute Gasteiger partial charge is 0.469 e. The van der Waals surface area contributed by atoms with Crippen LogP contribution < -0.4 is 0 Å². The average molecular weight is 317 g/mol. The Balaban J connectivity index is 1.72. The van der Waals surface area contributed by atoms with Gasteiger partial charge in [-0.2, -0.15) is 0 Å². The Morgan fingerprint density at radius 3 is 3.09 bits per heavy atom. The predicted molar refractivity (Wildman–Crippen MR) is 86.0 cm³/mol. The number of rotatable bonds is 5. The van der Waals surface area contributed by atoms with E-state index in [0.717, 1.165) is 38.0 Å². The molecule has 0 spiro atoms. The molecule has 1 saturated heterocycles. The number of likely N-dealkylation sites (tertiary alicyclic amines) is 1. The molecule has 5 heteroatoms.